The normalized spacial score (nSPS) is 12.2. The molecule has 1 heterocycles. The van der Waals surface area contributed by atoms with Crippen molar-refractivity contribution >= 4 is 35.0 Å². The third kappa shape index (κ3) is 5.03. The van der Waals surface area contributed by atoms with Crippen molar-refractivity contribution in [2.75, 3.05) is 31.3 Å². The molecular formula is C22H26ClN5OS. The second-order valence-electron chi connectivity index (χ2n) is 7.05. The van der Waals surface area contributed by atoms with Crippen LogP contribution in [0.4, 0.5) is 5.69 Å². The molecule has 0 bridgehead atoms. The Hall–Kier alpha value is -2.35. The van der Waals surface area contributed by atoms with E-state index in [1.807, 2.05) is 80.2 Å². The lowest BCUT2D eigenvalue weighted by atomic mass is 10.2. The predicted molar refractivity (Wildman–Crippen MR) is 124 cm³/mol. The molecule has 6 nitrogen and oxygen atoms in total. The topological polar surface area (TPSA) is 54.3 Å². The van der Waals surface area contributed by atoms with Crippen LogP contribution in [-0.4, -0.2) is 52.0 Å². The second kappa shape index (κ2) is 10.1. The number of carbonyl (C=O) groups is 1. The Morgan fingerprint density at radius 2 is 1.77 bits per heavy atom. The Bertz CT molecular complexity index is 975. The lowest BCUT2D eigenvalue weighted by molar-refractivity contribution is -0.116. The van der Waals surface area contributed by atoms with Crippen LogP contribution >= 0.6 is 23.4 Å². The zero-order chi connectivity index (χ0) is 21.7. The van der Waals surface area contributed by atoms with Gasteiger partial charge in [0.15, 0.2) is 11.0 Å². The highest BCUT2D eigenvalue weighted by molar-refractivity contribution is 7.99. The molecule has 0 spiro atoms. The van der Waals surface area contributed by atoms with Crippen molar-refractivity contribution in [1.29, 1.82) is 0 Å². The summed E-state index contributed by atoms with van der Waals surface area (Å²) in [5, 5.41) is 10.2. The van der Waals surface area contributed by atoms with E-state index in [1.54, 1.807) is 4.90 Å². The van der Waals surface area contributed by atoms with Crippen LogP contribution in [0.25, 0.3) is 5.69 Å². The molecule has 0 radical (unpaired) electrons. The van der Waals surface area contributed by atoms with Gasteiger partial charge in [-0.25, -0.2) is 0 Å². The van der Waals surface area contributed by atoms with Crippen LogP contribution in [0, 0.1) is 0 Å². The molecule has 0 N–H and O–H groups in total. The fraction of sp³-hybridized carbons (Fsp3) is 0.318. The van der Waals surface area contributed by atoms with Crippen molar-refractivity contribution < 1.29 is 4.79 Å². The van der Waals surface area contributed by atoms with Gasteiger partial charge in [0, 0.05) is 22.9 Å². The summed E-state index contributed by atoms with van der Waals surface area (Å²) in [4.78, 5) is 16.8. The van der Waals surface area contributed by atoms with Gasteiger partial charge in [0.2, 0.25) is 5.91 Å². The highest BCUT2D eigenvalue weighted by Gasteiger charge is 2.22. The van der Waals surface area contributed by atoms with Gasteiger partial charge in [-0.1, -0.05) is 41.6 Å². The number of amides is 1. The van der Waals surface area contributed by atoms with Crippen molar-refractivity contribution in [2.45, 2.75) is 25.0 Å². The molecule has 0 saturated carbocycles. The van der Waals surface area contributed by atoms with E-state index in [0.29, 0.717) is 16.7 Å². The largest absolute Gasteiger partial charge is 0.312 e. The van der Waals surface area contributed by atoms with Gasteiger partial charge in [-0.05, 0) is 64.3 Å². The van der Waals surface area contributed by atoms with Gasteiger partial charge in [-0.15, -0.1) is 10.2 Å². The van der Waals surface area contributed by atoms with E-state index < -0.39 is 0 Å². The highest BCUT2D eigenvalue weighted by Crippen LogP contribution is 2.28. The number of rotatable bonds is 8. The Labute approximate surface area is 186 Å². The van der Waals surface area contributed by atoms with Crippen LogP contribution in [0.5, 0.6) is 0 Å². The monoisotopic (exact) mass is 443 g/mol. The summed E-state index contributed by atoms with van der Waals surface area (Å²) >= 11 is 7.46. The van der Waals surface area contributed by atoms with Gasteiger partial charge in [-0.3, -0.25) is 14.3 Å². The third-order valence-electron chi connectivity index (χ3n) is 4.90. The molecule has 30 heavy (non-hydrogen) atoms. The van der Waals surface area contributed by atoms with Crippen LogP contribution in [0.3, 0.4) is 0 Å². The van der Waals surface area contributed by atoms with E-state index in [-0.39, 0.29) is 17.7 Å². The van der Waals surface area contributed by atoms with E-state index in [4.69, 9.17) is 11.6 Å². The summed E-state index contributed by atoms with van der Waals surface area (Å²) in [6.07, 6.45) is 0. The van der Waals surface area contributed by atoms with E-state index in [2.05, 4.69) is 22.0 Å². The first-order chi connectivity index (χ1) is 14.4. The third-order valence-corrected chi connectivity index (χ3v) is 6.07. The first kappa shape index (κ1) is 22.3. The average Bonchev–Trinajstić information content (AvgIpc) is 3.17. The van der Waals surface area contributed by atoms with Gasteiger partial charge in [0.1, 0.15) is 0 Å². The molecule has 8 heteroatoms. The summed E-state index contributed by atoms with van der Waals surface area (Å²) in [5.74, 6) is 1.11. The number of hydrogen-bond acceptors (Lipinski definition) is 5. The van der Waals surface area contributed by atoms with E-state index in [0.717, 1.165) is 17.2 Å². The van der Waals surface area contributed by atoms with Gasteiger partial charge in [-0.2, -0.15) is 0 Å². The maximum Gasteiger partial charge on any atom is 0.237 e. The minimum atomic E-state index is 0.0292. The number of benzene rings is 2. The van der Waals surface area contributed by atoms with Crippen molar-refractivity contribution in [3.05, 3.63) is 65.4 Å². The molecule has 3 aromatic rings. The van der Waals surface area contributed by atoms with Crippen molar-refractivity contribution in [3.63, 3.8) is 0 Å². The molecule has 2 aromatic carbocycles. The number of para-hydroxylation sites is 1. The van der Waals surface area contributed by atoms with Crippen LogP contribution in [0.2, 0.25) is 5.02 Å². The second-order valence-corrected chi connectivity index (χ2v) is 8.43. The Morgan fingerprint density at radius 1 is 1.10 bits per heavy atom. The Balaban J connectivity index is 1.87. The fourth-order valence-corrected chi connectivity index (χ4v) is 3.99. The Morgan fingerprint density at radius 3 is 2.37 bits per heavy atom. The molecule has 158 valence electrons. The van der Waals surface area contributed by atoms with Crippen LogP contribution in [0.15, 0.2) is 59.8 Å². The molecule has 1 aromatic heterocycles. The molecule has 1 atom stereocenters. The minimum Gasteiger partial charge on any atom is -0.312 e. The zero-order valence-electron chi connectivity index (χ0n) is 17.6. The molecule has 0 saturated heterocycles. The highest BCUT2D eigenvalue weighted by atomic mass is 35.5. The average molecular weight is 444 g/mol. The van der Waals surface area contributed by atoms with E-state index in [9.17, 15) is 4.79 Å². The first-order valence-electron chi connectivity index (χ1n) is 9.78. The summed E-state index contributed by atoms with van der Waals surface area (Å²) < 4.78 is 2.00. The summed E-state index contributed by atoms with van der Waals surface area (Å²) in [6, 6.07) is 17.3. The van der Waals surface area contributed by atoms with Crippen molar-refractivity contribution in [2.24, 2.45) is 0 Å². The van der Waals surface area contributed by atoms with Gasteiger partial charge < -0.3 is 4.90 Å². The van der Waals surface area contributed by atoms with Gasteiger partial charge in [0.25, 0.3) is 0 Å². The molecule has 1 amide bonds. The lowest BCUT2D eigenvalue weighted by Crippen LogP contribution is -2.32. The van der Waals surface area contributed by atoms with Gasteiger partial charge >= 0.3 is 0 Å². The smallest absolute Gasteiger partial charge is 0.237 e. The van der Waals surface area contributed by atoms with Gasteiger partial charge in [0.05, 0.1) is 11.8 Å². The van der Waals surface area contributed by atoms with Crippen molar-refractivity contribution in [3.8, 4) is 5.69 Å². The summed E-state index contributed by atoms with van der Waals surface area (Å²) in [7, 11) is 4.00. The molecule has 0 aliphatic carbocycles. The molecule has 0 aliphatic rings. The number of thioether (sulfide) groups is 1. The minimum absolute atomic E-state index is 0.0292. The molecule has 0 unspecified atom stereocenters. The van der Waals surface area contributed by atoms with Crippen LogP contribution in [0.1, 0.15) is 25.7 Å². The maximum absolute atomic E-state index is 12.9. The number of nitrogens with zero attached hydrogens (tertiary/aromatic N) is 5. The molecule has 0 aliphatic heterocycles. The first-order valence-corrected chi connectivity index (χ1v) is 11.1. The summed E-state index contributed by atoms with van der Waals surface area (Å²) in [5.41, 5.74) is 1.81. The fourth-order valence-electron chi connectivity index (χ4n) is 3.02. The zero-order valence-corrected chi connectivity index (χ0v) is 19.2. The van der Waals surface area contributed by atoms with Crippen LogP contribution in [-0.2, 0) is 4.79 Å². The number of carbonyl (C=O) groups excluding carboxylic acids is 1. The van der Waals surface area contributed by atoms with E-state index in [1.165, 1.54) is 11.8 Å². The number of hydrogen-bond donors (Lipinski definition) is 0. The van der Waals surface area contributed by atoms with Crippen molar-refractivity contribution in [1.82, 2.24) is 19.7 Å². The van der Waals surface area contributed by atoms with E-state index >= 15 is 0 Å². The quantitative estimate of drug-likeness (QED) is 0.473. The van der Waals surface area contributed by atoms with Crippen LogP contribution < -0.4 is 4.90 Å². The summed E-state index contributed by atoms with van der Waals surface area (Å²) in [6.45, 7) is 4.66. The predicted octanol–water partition coefficient (Wildman–Crippen LogP) is 4.69. The number of aromatic nitrogens is 3. The lowest BCUT2D eigenvalue weighted by Gasteiger charge is -2.22. The molecule has 0 fully saturated rings. The number of anilines is 1. The standard InChI is InChI=1S/C22H26ClN5OS/c1-5-27(18-9-7-6-8-10-18)20(29)15-30-22-25-24-21(16(2)26(3)4)28(22)19-13-11-17(23)12-14-19/h6-14,16H,5,15H2,1-4H3/t16-/m1/s1. The SMILES string of the molecule is CCN(C(=O)CSc1nnc([C@@H](C)N(C)C)n1-c1ccc(Cl)cc1)c1ccccc1. The number of halogens is 1. The Kier molecular flexibility index (Phi) is 7.53. The maximum atomic E-state index is 12.9. The molecular weight excluding hydrogens is 418 g/mol. The molecule has 3 rings (SSSR count).